The topological polar surface area (TPSA) is 82.5 Å². The van der Waals surface area contributed by atoms with Crippen LogP contribution in [0.5, 0.6) is 0 Å². The average Bonchev–Trinajstić information content (AvgIpc) is 3.34. The molecule has 0 spiro atoms. The van der Waals surface area contributed by atoms with E-state index in [0.717, 1.165) is 64.4 Å². The third-order valence-electron chi connectivity index (χ3n) is 9.30. The van der Waals surface area contributed by atoms with Crippen LogP contribution in [0, 0.1) is 17.8 Å². The fourth-order valence-electron chi connectivity index (χ4n) is 7.13. The Kier molecular flexibility index (Phi) is 5.23. The van der Waals surface area contributed by atoms with E-state index in [1.165, 1.54) is 31.2 Å². The molecule has 4 aromatic heterocycles. The van der Waals surface area contributed by atoms with E-state index in [9.17, 15) is 0 Å². The lowest BCUT2D eigenvalue weighted by Crippen LogP contribution is -2.48. The first-order chi connectivity index (χ1) is 18.6. The highest BCUT2D eigenvalue weighted by atomic mass is 15.1. The molecule has 2 N–H and O–H groups in total. The number of nitrogens with zero attached hydrogens (tertiary/aromatic N) is 5. The summed E-state index contributed by atoms with van der Waals surface area (Å²) in [5.74, 6) is 3.52. The fraction of sp³-hybridized carbons (Fsp3) is 0.312. The Morgan fingerprint density at radius 1 is 0.947 bits per heavy atom. The minimum atomic E-state index is -0.0562. The Balaban J connectivity index is 1.31. The minimum absolute atomic E-state index is 0.0562. The highest BCUT2D eigenvalue weighted by molar-refractivity contribution is 6.04. The molecule has 0 aliphatic heterocycles. The van der Waals surface area contributed by atoms with Gasteiger partial charge in [0.05, 0.1) is 10.9 Å². The molecule has 4 heterocycles. The van der Waals surface area contributed by atoms with E-state index in [2.05, 4.69) is 38.7 Å². The summed E-state index contributed by atoms with van der Waals surface area (Å²) in [5.41, 5.74) is 12.7. The van der Waals surface area contributed by atoms with Crippen LogP contribution in [0.25, 0.3) is 33.1 Å². The summed E-state index contributed by atoms with van der Waals surface area (Å²) in [5, 5.41) is 1.90. The summed E-state index contributed by atoms with van der Waals surface area (Å²) in [6.45, 7) is 0. The van der Waals surface area contributed by atoms with Crippen molar-refractivity contribution < 1.29 is 0 Å². The van der Waals surface area contributed by atoms with Crippen molar-refractivity contribution in [2.45, 2.75) is 56.9 Å². The number of aryl methyl sites for hydroxylation is 1. The molecule has 3 saturated carbocycles. The number of rotatable bonds is 5. The van der Waals surface area contributed by atoms with Gasteiger partial charge in [0.15, 0.2) is 0 Å². The van der Waals surface area contributed by atoms with Crippen molar-refractivity contribution in [2.24, 2.45) is 5.41 Å². The molecule has 3 aliphatic carbocycles. The standard InChI is InChI=1S/C32H30N6/c1-2-26-27(24-18-23-7-3-4-8-25(23)35-20-24)28-29(33)36-21-37-30(28)38(26)32-14-11-31(12-15-32,13-16-32)10-9-22-6-5-17-34-19-22/h1,3-8,17-21H,9-16H2,(H2,33,36,37). The maximum Gasteiger partial charge on any atom is 0.147 e. The molecule has 0 atom stereocenters. The maximum absolute atomic E-state index is 6.53. The summed E-state index contributed by atoms with van der Waals surface area (Å²) < 4.78 is 2.36. The lowest BCUT2D eigenvalue weighted by Gasteiger charge is -2.54. The van der Waals surface area contributed by atoms with Gasteiger partial charge in [-0.2, -0.15) is 0 Å². The van der Waals surface area contributed by atoms with Crippen molar-refractivity contribution >= 4 is 27.8 Å². The lowest BCUT2D eigenvalue weighted by molar-refractivity contribution is -0.00364. The first-order valence-electron chi connectivity index (χ1n) is 13.5. The SMILES string of the molecule is C#Cc1c(-c2cnc3ccccc3c2)c2c(N)ncnc2n1C12CCC(CCc3cccnc3)(CC1)CC2. The molecule has 8 rings (SSSR count). The van der Waals surface area contributed by atoms with Gasteiger partial charge in [-0.25, -0.2) is 9.97 Å². The third kappa shape index (κ3) is 3.49. The number of fused-ring (bicyclic) bond motifs is 5. The minimum Gasteiger partial charge on any atom is -0.383 e. The van der Waals surface area contributed by atoms with Crippen molar-refractivity contribution in [3.8, 4) is 23.5 Å². The summed E-state index contributed by atoms with van der Waals surface area (Å²) in [6, 6.07) is 14.5. The Morgan fingerprint density at radius 3 is 2.53 bits per heavy atom. The first-order valence-corrected chi connectivity index (χ1v) is 13.5. The van der Waals surface area contributed by atoms with Crippen molar-refractivity contribution in [2.75, 3.05) is 5.73 Å². The van der Waals surface area contributed by atoms with E-state index < -0.39 is 0 Å². The summed E-state index contributed by atoms with van der Waals surface area (Å²) >= 11 is 0. The number of aromatic nitrogens is 5. The number of nitrogens with two attached hydrogens (primary N) is 1. The van der Waals surface area contributed by atoms with Crippen LogP contribution in [-0.4, -0.2) is 24.5 Å². The number of terminal acetylenes is 1. The number of pyridine rings is 2. The van der Waals surface area contributed by atoms with Crippen molar-refractivity contribution in [1.29, 1.82) is 0 Å². The summed E-state index contributed by atoms with van der Waals surface area (Å²) in [4.78, 5) is 18.2. The lowest BCUT2D eigenvalue weighted by atomic mass is 9.55. The predicted molar refractivity (Wildman–Crippen MR) is 151 cm³/mol. The second-order valence-corrected chi connectivity index (χ2v) is 11.2. The average molecular weight is 499 g/mol. The number of para-hydroxylation sites is 1. The highest BCUT2D eigenvalue weighted by Gasteiger charge is 2.50. The number of nitrogen functional groups attached to an aromatic ring is 1. The van der Waals surface area contributed by atoms with Crippen LogP contribution in [0.2, 0.25) is 0 Å². The molecule has 0 radical (unpaired) electrons. The highest BCUT2D eigenvalue weighted by Crippen LogP contribution is 2.59. The van der Waals surface area contributed by atoms with Gasteiger partial charge >= 0.3 is 0 Å². The molecule has 188 valence electrons. The van der Waals surface area contributed by atoms with Crippen LogP contribution < -0.4 is 5.73 Å². The van der Waals surface area contributed by atoms with Gasteiger partial charge in [-0.3, -0.25) is 9.97 Å². The monoisotopic (exact) mass is 498 g/mol. The van der Waals surface area contributed by atoms with Crippen molar-refractivity contribution in [1.82, 2.24) is 24.5 Å². The summed E-state index contributed by atoms with van der Waals surface area (Å²) in [7, 11) is 0. The molecule has 0 amide bonds. The van der Waals surface area contributed by atoms with Gasteiger partial charge in [0.2, 0.25) is 0 Å². The zero-order chi connectivity index (χ0) is 25.7. The quantitative estimate of drug-likeness (QED) is 0.288. The fourth-order valence-corrected chi connectivity index (χ4v) is 7.13. The molecule has 0 unspecified atom stereocenters. The van der Waals surface area contributed by atoms with Gasteiger partial charge in [0.25, 0.3) is 0 Å². The van der Waals surface area contributed by atoms with E-state index in [4.69, 9.17) is 22.1 Å². The van der Waals surface area contributed by atoms with E-state index in [1.54, 1.807) is 6.33 Å². The van der Waals surface area contributed by atoms with Gasteiger partial charge in [-0.15, -0.1) is 6.42 Å². The van der Waals surface area contributed by atoms with E-state index in [-0.39, 0.29) is 5.54 Å². The molecular formula is C32H30N6. The first kappa shape index (κ1) is 22.9. The maximum atomic E-state index is 6.53. The van der Waals surface area contributed by atoms with Gasteiger partial charge < -0.3 is 10.3 Å². The Hall–Kier alpha value is -4.24. The predicted octanol–water partition coefficient (Wildman–Crippen LogP) is 6.29. The molecule has 3 aliphatic rings. The van der Waals surface area contributed by atoms with Crippen molar-refractivity contribution in [3.05, 3.63) is 78.6 Å². The van der Waals surface area contributed by atoms with Crippen molar-refractivity contribution in [3.63, 3.8) is 0 Å². The van der Waals surface area contributed by atoms with Crippen LogP contribution >= 0.6 is 0 Å². The smallest absolute Gasteiger partial charge is 0.147 e. The van der Waals surface area contributed by atoms with Crippen LogP contribution in [0.4, 0.5) is 5.82 Å². The molecule has 38 heavy (non-hydrogen) atoms. The Morgan fingerprint density at radius 2 is 1.76 bits per heavy atom. The second-order valence-electron chi connectivity index (χ2n) is 11.2. The van der Waals surface area contributed by atoms with E-state index >= 15 is 0 Å². The largest absolute Gasteiger partial charge is 0.383 e. The number of hydrogen-bond donors (Lipinski definition) is 1. The molecule has 2 bridgehead atoms. The van der Waals surface area contributed by atoms with Gasteiger partial charge in [0, 0.05) is 40.6 Å². The van der Waals surface area contributed by atoms with Gasteiger partial charge in [0.1, 0.15) is 23.5 Å². The van der Waals surface area contributed by atoms with E-state index in [0.29, 0.717) is 11.2 Å². The number of benzene rings is 1. The normalized spacial score (nSPS) is 22.6. The third-order valence-corrected chi connectivity index (χ3v) is 9.30. The zero-order valence-electron chi connectivity index (χ0n) is 21.4. The number of anilines is 1. The Bertz CT molecular complexity index is 1690. The van der Waals surface area contributed by atoms with Gasteiger partial charge in [-0.05, 0) is 80.5 Å². The summed E-state index contributed by atoms with van der Waals surface area (Å²) in [6.07, 6.45) is 22.8. The molecular weight excluding hydrogens is 468 g/mol. The molecule has 6 nitrogen and oxygen atoms in total. The van der Waals surface area contributed by atoms with Crippen LogP contribution in [0.3, 0.4) is 0 Å². The van der Waals surface area contributed by atoms with Gasteiger partial charge in [-0.1, -0.05) is 30.2 Å². The molecule has 1 aromatic carbocycles. The zero-order valence-corrected chi connectivity index (χ0v) is 21.4. The molecule has 5 aromatic rings. The van der Waals surface area contributed by atoms with Crippen LogP contribution in [0.15, 0.2) is 67.4 Å². The molecule has 6 heteroatoms. The molecule has 3 fully saturated rings. The van der Waals surface area contributed by atoms with E-state index in [1.807, 2.05) is 42.9 Å². The molecule has 0 saturated heterocycles. The Labute approximate surface area is 222 Å². The van der Waals surface area contributed by atoms with Crippen LogP contribution in [-0.2, 0) is 12.0 Å². The number of hydrogen-bond acceptors (Lipinski definition) is 5. The van der Waals surface area contributed by atoms with Crippen LogP contribution in [0.1, 0.15) is 56.2 Å². The second kappa shape index (κ2) is 8.66.